The lowest BCUT2D eigenvalue weighted by Gasteiger charge is -2.16. The lowest BCUT2D eigenvalue weighted by Crippen LogP contribution is -2.36. The number of carbonyl (C=O) groups is 1. The third-order valence-electron chi connectivity index (χ3n) is 3.98. The zero-order chi connectivity index (χ0) is 16.8. The number of rotatable bonds is 6. The van der Waals surface area contributed by atoms with E-state index >= 15 is 0 Å². The molecule has 3 rings (SSSR count). The van der Waals surface area contributed by atoms with Crippen LogP contribution < -0.4 is 15.5 Å². The maximum Gasteiger partial charge on any atom is 0.315 e. The summed E-state index contributed by atoms with van der Waals surface area (Å²) in [7, 11) is 0. The molecule has 0 saturated carbocycles. The quantitative estimate of drug-likeness (QED) is 0.844. The minimum absolute atomic E-state index is 0.160. The van der Waals surface area contributed by atoms with Crippen LogP contribution in [0.25, 0.3) is 0 Å². The lowest BCUT2D eigenvalue weighted by molar-refractivity contribution is 0.240. The van der Waals surface area contributed by atoms with Gasteiger partial charge in [-0.3, -0.25) is 0 Å². The number of amides is 2. The van der Waals surface area contributed by atoms with Crippen LogP contribution in [0.15, 0.2) is 23.7 Å². The largest absolute Gasteiger partial charge is 0.357 e. The zero-order valence-electron chi connectivity index (χ0n) is 13.9. The van der Waals surface area contributed by atoms with Gasteiger partial charge in [0.2, 0.25) is 0 Å². The molecule has 2 aromatic rings. The topological polar surface area (TPSA) is 70.2 Å². The van der Waals surface area contributed by atoms with Gasteiger partial charge in [-0.25, -0.2) is 14.8 Å². The van der Waals surface area contributed by atoms with E-state index in [0.29, 0.717) is 13.1 Å². The van der Waals surface area contributed by atoms with Crippen LogP contribution in [0.2, 0.25) is 0 Å². The van der Waals surface area contributed by atoms with Gasteiger partial charge in [0.25, 0.3) is 0 Å². The first-order chi connectivity index (χ1) is 11.7. The molecule has 2 N–H and O–H groups in total. The average Bonchev–Trinajstić information content (AvgIpc) is 3.25. The van der Waals surface area contributed by atoms with Gasteiger partial charge < -0.3 is 15.5 Å². The van der Waals surface area contributed by atoms with Crippen molar-refractivity contribution in [1.82, 2.24) is 20.6 Å². The van der Waals surface area contributed by atoms with Gasteiger partial charge in [-0.15, -0.1) is 11.3 Å². The summed E-state index contributed by atoms with van der Waals surface area (Å²) in [5.74, 6) is 1.03. The number of pyridine rings is 1. The Kier molecular flexibility index (Phi) is 5.63. The number of carbonyl (C=O) groups excluding carboxylic acids is 1. The van der Waals surface area contributed by atoms with E-state index in [1.165, 1.54) is 12.8 Å². The summed E-state index contributed by atoms with van der Waals surface area (Å²) in [4.78, 5) is 23.0. The molecule has 0 aliphatic carbocycles. The van der Waals surface area contributed by atoms with Crippen molar-refractivity contribution in [1.29, 1.82) is 0 Å². The average molecular weight is 345 g/mol. The first-order valence-corrected chi connectivity index (χ1v) is 9.21. The van der Waals surface area contributed by atoms with Crippen LogP contribution in [0.5, 0.6) is 0 Å². The van der Waals surface area contributed by atoms with Gasteiger partial charge in [0, 0.05) is 49.9 Å². The molecular weight excluding hydrogens is 322 g/mol. The van der Waals surface area contributed by atoms with E-state index in [1.807, 2.05) is 30.6 Å². The molecule has 2 amide bonds. The fourth-order valence-corrected chi connectivity index (χ4v) is 3.48. The van der Waals surface area contributed by atoms with Crippen LogP contribution in [-0.4, -0.2) is 35.6 Å². The third-order valence-corrected chi connectivity index (χ3v) is 5.01. The molecule has 1 saturated heterocycles. The fraction of sp³-hybridized carbons (Fsp3) is 0.471. The molecule has 1 fully saturated rings. The molecule has 1 aliphatic rings. The second kappa shape index (κ2) is 8.10. The number of urea groups is 1. The molecule has 0 bridgehead atoms. The van der Waals surface area contributed by atoms with Gasteiger partial charge in [-0.2, -0.15) is 0 Å². The molecule has 0 atom stereocenters. The van der Waals surface area contributed by atoms with Crippen molar-refractivity contribution in [2.24, 2.45) is 0 Å². The number of anilines is 1. The maximum atomic E-state index is 11.8. The van der Waals surface area contributed by atoms with Gasteiger partial charge in [-0.05, 0) is 31.4 Å². The van der Waals surface area contributed by atoms with Crippen molar-refractivity contribution in [2.45, 2.75) is 32.7 Å². The number of nitrogens with one attached hydrogen (secondary N) is 2. The summed E-state index contributed by atoms with van der Waals surface area (Å²) in [5, 5.41) is 8.79. The molecule has 0 unspecified atom stereocenters. The number of aryl methyl sites for hydroxylation is 1. The van der Waals surface area contributed by atoms with Crippen LogP contribution in [0.3, 0.4) is 0 Å². The normalized spacial score (nSPS) is 14.0. The third kappa shape index (κ3) is 4.67. The summed E-state index contributed by atoms with van der Waals surface area (Å²) in [6, 6.07) is 3.90. The number of hydrogen-bond acceptors (Lipinski definition) is 5. The highest BCUT2D eigenvalue weighted by Gasteiger charge is 2.13. The Balaban J connectivity index is 1.37. The van der Waals surface area contributed by atoms with Crippen molar-refractivity contribution >= 4 is 23.2 Å². The minimum Gasteiger partial charge on any atom is -0.357 e. The van der Waals surface area contributed by atoms with E-state index in [9.17, 15) is 4.79 Å². The van der Waals surface area contributed by atoms with E-state index in [-0.39, 0.29) is 6.03 Å². The van der Waals surface area contributed by atoms with E-state index < -0.39 is 0 Å². The van der Waals surface area contributed by atoms with Crippen LogP contribution in [0, 0.1) is 6.92 Å². The van der Waals surface area contributed by atoms with E-state index in [2.05, 4.69) is 25.5 Å². The van der Waals surface area contributed by atoms with Gasteiger partial charge in [0.15, 0.2) is 0 Å². The molecular formula is C17H23N5OS. The summed E-state index contributed by atoms with van der Waals surface area (Å²) in [5.41, 5.74) is 2.04. The number of nitrogens with zero attached hydrogens (tertiary/aromatic N) is 3. The van der Waals surface area contributed by atoms with Crippen molar-refractivity contribution in [3.63, 3.8) is 0 Å². The molecule has 6 nitrogen and oxygen atoms in total. The molecule has 3 heterocycles. The predicted octanol–water partition coefficient (Wildman–Crippen LogP) is 2.49. The Hall–Kier alpha value is -2.15. The number of aromatic nitrogens is 2. The van der Waals surface area contributed by atoms with Crippen LogP contribution in [-0.2, 0) is 13.0 Å². The highest BCUT2D eigenvalue weighted by atomic mass is 32.1. The molecule has 0 radical (unpaired) electrons. The van der Waals surface area contributed by atoms with Crippen molar-refractivity contribution < 1.29 is 4.79 Å². The second-order valence-electron chi connectivity index (χ2n) is 5.96. The monoisotopic (exact) mass is 345 g/mol. The Bertz CT molecular complexity index is 664. The summed E-state index contributed by atoms with van der Waals surface area (Å²) in [6.45, 7) is 5.22. The lowest BCUT2D eigenvalue weighted by atomic mass is 10.3. The van der Waals surface area contributed by atoms with Crippen LogP contribution >= 0.6 is 11.3 Å². The number of thiazole rings is 1. The molecule has 1 aliphatic heterocycles. The highest BCUT2D eigenvalue weighted by molar-refractivity contribution is 7.09. The Morgan fingerprint density at radius 1 is 1.29 bits per heavy atom. The van der Waals surface area contributed by atoms with E-state index in [4.69, 9.17) is 0 Å². The molecule has 2 aromatic heterocycles. The molecule has 24 heavy (non-hydrogen) atoms. The Morgan fingerprint density at radius 2 is 2.12 bits per heavy atom. The minimum atomic E-state index is -0.160. The Morgan fingerprint density at radius 3 is 2.79 bits per heavy atom. The summed E-state index contributed by atoms with van der Waals surface area (Å²) >= 11 is 1.63. The Labute approximate surface area is 146 Å². The van der Waals surface area contributed by atoms with Crippen molar-refractivity contribution in [2.75, 3.05) is 24.5 Å². The zero-order valence-corrected chi connectivity index (χ0v) is 14.7. The first-order valence-electron chi connectivity index (χ1n) is 8.33. The van der Waals surface area contributed by atoms with Crippen LogP contribution in [0.1, 0.15) is 29.1 Å². The smallest absolute Gasteiger partial charge is 0.315 e. The second-order valence-corrected chi connectivity index (χ2v) is 6.90. The van der Waals surface area contributed by atoms with Gasteiger partial charge in [0.1, 0.15) is 5.82 Å². The molecule has 0 aromatic carbocycles. The van der Waals surface area contributed by atoms with Gasteiger partial charge in [-0.1, -0.05) is 6.07 Å². The van der Waals surface area contributed by atoms with Crippen molar-refractivity contribution in [3.8, 4) is 0 Å². The molecule has 7 heteroatoms. The SMILES string of the molecule is Cc1csc(CCNC(=O)NCc2ccc(N3CCCC3)nc2)n1. The standard InChI is InChI=1S/C17H23N5OS/c1-13-12-24-16(21-13)6-7-18-17(23)20-11-14-4-5-15(19-10-14)22-8-2-3-9-22/h4-5,10,12H,2-3,6-9,11H2,1H3,(H2,18,20,23). The molecule has 128 valence electrons. The summed E-state index contributed by atoms with van der Waals surface area (Å²) < 4.78 is 0. The molecule has 0 spiro atoms. The van der Waals surface area contributed by atoms with Gasteiger partial charge >= 0.3 is 6.03 Å². The predicted molar refractivity (Wildman–Crippen MR) is 96.5 cm³/mol. The maximum absolute atomic E-state index is 11.8. The number of hydrogen-bond donors (Lipinski definition) is 2. The van der Waals surface area contributed by atoms with Crippen molar-refractivity contribution in [3.05, 3.63) is 40.0 Å². The summed E-state index contributed by atoms with van der Waals surface area (Å²) in [6.07, 6.45) is 5.09. The highest BCUT2D eigenvalue weighted by Crippen LogP contribution is 2.17. The van der Waals surface area contributed by atoms with E-state index in [1.54, 1.807) is 11.3 Å². The fourth-order valence-electron chi connectivity index (χ4n) is 2.70. The first kappa shape index (κ1) is 16.7. The van der Waals surface area contributed by atoms with Gasteiger partial charge in [0.05, 0.1) is 5.01 Å². The van der Waals surface area contributed by atoms with Crippen LogP contribution in [0.4, 0.5) is 10.6 Å². The van der Waals surface area contributed by atoms with E-state index in [0.717, 1.165) is 41.6 Å².